The van der Waals surface area contributed by atoms with E-state index in [4.69, 9.17) is 9.47 Å². The van der Waals surface area contributed by atoms with Crippen LogP contribution in [0.1, 0.15) is 0 Å². The predicted molar refractivity (Wildman–Crippen MR) is 61.4 cm³/mol. The molecule has 96 valence electrons. The van der Waals surface area contributed by atoms with Crippen LogP contribution >= 0.6 is 0 Å². The summed E-state index contributed by atoms with van der Waals surface area (Å²) in [5.41, 5.74) is 0. The van der Waals surface area contributed by atoms with Gasteiger partial charge in [-0.2, -0.15) is 0 Å². The molecule has 1 heterocycles. The van der Waals surface area contributed by atoms with Gasteiger partial charge in [0.2, 0.25) is 0 Å². The van der Waals surface area contributed by atoms with Crippen molar-refractivity contribution in [1.29, 1.82) is 0 Å². The smallest absolute Gasteiger partial charge is 0.253 e. The van der Waals surface area contributed by atoms with Crippen LogP contribution in [0.3, 0.4) is 0 Å². The van der Waals surface area contributed by atoms with E-state index in [0.717, 1.165) is 11.4 Å². The van der Waals surface area contributed by atoms with E-state index in [1.165, 1.54) is 12.2 Å². The van der Waals surface area contributed by atoms with E-state index in [2.05, 4.69) is 5.32 Å². The molecule has 0 unspecified atom stereocenters. The molecule has 0 bridgehead atoms. The molecule has 0 aromatic carbocycles. The zero-order valence-corrected chi connectivity index (χ0v) is 9.98. The Morgan fingerprint density at radius 1 is 1.06 bits per heavy atom. The van der Waals surface area contributed by atoms with Gasteiger partial charge in [-0.05, 0) is 7.05 Å². The maximum atomic E-state index is 11.2. The summed E-state index contributed by atoms with van der Waals surface area (Å²) >= 11 is 0. The van der Waals surface area contributed by atoms with Crippen molar-refractivity contribution in [2.75, 3.05) is 46.6 Å². The van der Waals surface area contributed by atoms with Crippen molar-refractivity contribution in [3.63, 3.8) is 0 Å². The Morgan fingerprint density at radius 3 is 2.24 bits per heavy atom. The lowest BCUT2D eigenvalue weighted by atomic mass is 10.5. The number of carbonyl (C=O) groups excluding carboxylic acids is 2. The van der Waals surface area contributed by atoms with Gasteiger partial charge < -0.3 is 14.8 Å². The summed E-state index contributed by atoms with van der Waals surface area (Å²) < 4.78 is 10.5. The van der Waals surface area contributed by atoms with E-state index in [9.17, 15) is 9.59 Å². The fourth-order valence-electron chi connectivity index (χ4n) is 1.30. The Bertz CT molecular complexity index is 273. The summed E-state index contributed by atoms with van der Waals surface area (Å²) in [7, 11) is 1.86. The van der Waals surface area contributed by atoms with E-state index in [1.54, 1.807) is 0 Å². The summed E-state index contributed by atoms with van der Waals surface area (Å²) in [6.07, 6.45) is 2.53. The molecule has 17 heavy (non-hydrogen) atoms. The van der Waals surface area contributed by atoms with Gasteiger partial charge in [-0.15, -0.1) is 0 Å². The van der Waals surface area contributed by atoms with Gasteiger partial charge in [-0.25, -0.2) is 0 Å². The lowest BCUT2D eigenvalue weighted by molar-refractivity contribution is -0.137. The fourth-order valence-corrected chi connectivity index (χ4v) is 1.30. The van der Waals surface area contributed by atoms with Crippen molar-refractivity contribution in [2.24, 2.45) is 0 Å². The molecule has 0 radical (unpaired) electrons. The van der Waals surface area contributed by atoms with Gasteiger partial charge in [0, 0.05) is 18.7 Å². The average molecular weight is 242 g/mol. The zero-order valence-electron chi connectivity index (χ0n) is 9.98. The van der Waals surface area contributed by atoms with E-state index in [-0.39, 0.29) is 11.8 Å². The summed E-state index contributed by atoms with van der Waals surface area (Å²) in [5.74, 6) is -0.548. The van der Waals surface area contributed by atoms with E-state index < -0.39 is 0 Å². The van der Waals surface area contributed by atoms with Gasteiger partial charge in [0.25, 0.3) is 11.8 Å². The van der Waals surface area contributed by atoms with Gasteiger partial charge in [-0.1, -0.05) is 0 Å². The summed E-state index contributed by atoms with van der Waals surface area (Å²) in [5, 5.41) is 2.96. The molecule has 1 aliphatic rings. The van der Waals surface area contributed by atoms with Crippen LogP contribution in [0.2, 0.25) is 0 Å². The van der Waals surface area contributed by atoms with E-state index in [1.807, 2.05) is 7.05 Å². The van der Waals surface area contributed by atoms with Crippen molar-refractivity contribution in [3.8, 4) is 0 Å². The highest BCUT2D eigenvalue weighted by atomic mass is 16.5. The molecular formula is C11H18N2O4. The molecule has 1 aliphatic heterocycles. The van der Waals surface area contributed by atoms with Crippen molar-refractivity contribution in [2.45, 2.75) is 0 Å². The Hall–Kier alpha value is -1.24. The molecule has 0 atom stereocenters. The summed E-state index contributed by atoms with van der Waals surface area (Å²) in [6, 6.07) is 0. The quantitative estimate of drug-likeness (QED) is 0.422. The molecule has 0 aromatic heterocycles. The molecule has 0 spiro atoms. The minimum atomic E-state index is -0.274. The Kier molecular flexibility index (Phi) is 6.46. The van der Waals surface area contributed by atoms with Gasteiger partial charge >= 0.3 is 0 Å². The average Bonchev–Trinajstić information content (AvgIpc) is 2.63. The maximum absolute atomic E-state index is 11.2. The molecular weight excluding hydrogens is 224 g/mol. The van der Waals surface area contributed by atoms with E-state index in [0.29, 0.717) is 33.0 Å². The molecule has 0 saturated heterocycles. The molecule has 0 aromatic rings. The highest BCUT2D eigenvalue weighted by Gasteiger charge is 2.22. The lowest BCUT2D eigenvalue weighted by Gasteiger charge is -2.13. The maximum Gasteiger partial charge on any atom is 0.253 e. The minimum Gasteiger partial charge on any atom is -0.378 e. The van der Waals surface area contributed by atoms with Crippen LogP contribution in [0.4, 0.5) is 0 Å². The molecule has 2 amide bonds. The number of carbonyl (C=O) groups is 2. The monoisotopic (exact) mass is 242 g/mol. The third-order valence-electron chi connectivity index (χ3n) is 2.23. The number of imide groups is 1. The number of amides is 2. The third kappa shape index (κ3) is 5.08. The van der Waals surface area contributed by atoms with Crippen molar-refractivity contribution >= 4 is 11.8 Å². The highest BCUT2D eigenvalue weighted by molar-refractivity contribution is 6.12. The van der Waals surface area contributed by atoms with Gasteiger partial charge in [-0.3, -0.25) is 14.5 Å². The number of likely N-dealkylation sites (N-methyl/N-ethyl adjacent to an activating group) is 1. The Morgan fingerprint density at radius 2 is 1.65 bits per heavy atom. The first-order valence-corrected chi connectivity index (χ1v) is 5.59. The van der Waals surface area contributed by atoms with Crippen LogP contribution < -0.4 is 5.32 Å². The SMILES string of the molecule is CNCCOCCOCCN1C(=O)C=CC1=O. The number of hydrogen-bond donors (Lipinski definition) is 1. The summed E-state index contributed by atoms with van der Waals surface area (Å²) in [4.78, 5) is 23.5. The van der Waals surface area contributed by atoms with Crippen LogP contribution in [0.5, 0.6) is 0 Å². The molecule has 6 nitrogen and oxygen atoms in total. The first-order valence-electron chi connectivity index (χ1n) is 5.59. The third-order valence-corrected chi connectivity index (χ3v) is 2.23. The van der Waals surface area contributed by atoms with Crippen LogP contribution in [-0.4, -0.2) is 63.3 Å². The normalized spacial score (nSPS) is 15.0. The topological polar surface area (TPSA) is 67.9 Å². The molecule has 0 aliphatic carbocycles. The summed E-state index contributed by atoms with van der Waals surface area (Å²) in [6.45, 7) is 3.07. The van der Waals surface area contributed by atoms with Crippen molar-refractivity contribution < 1.29 is 19.1 Å². The second kappa shape index (κ2) is 7.94. The molecule has 0 saturated carbocycles. The number of ether oxygens (including phenoxy) is 2. The lowest BCUT2D eigenvalue weighted by Crippen LogP contribution is -2.33. The molecule has 1 rings (SSSR count). The number of rotatable bonds is 9. The van der Waals surface area contributed by atoms with Gasteiger partial charge in [0.1, 0.15) is 0 Å². The van der Waals surface area contributed by atoms with Gasteiger partial charge in [0.05, 0.1) is 33.0 Å². The van der Waals surface area contributed by atoms with Crippen LogP contribution in [0.15, 0.2) is 12.2 Å². The largest absolute Gasteiger partial charge is 0.378 e. The highest BCUT2D eigenvalue weighted by Crippen LogP contribution is 2.02. The van der Waals surface area contributed by atoms with Crippen LogP contribution in [0.25, 0.3) is 0 Å². The Balaban J connectivity index is 1.94. The second-order valence-electron chi connectivity index (χ2n) is 3.49. The van der Waals surface area contributed by atoms with Crippen LogP contribution in [-0.2, 0) is 19.1 Å². The molecule has 0 fully saturated rings. The zero-order chi connectivity index (χ0) is 12.5. The standard InChI is InChI=1S/C11H18N2O4/c1-12-4-6-16-8-9-17-7-5-13-10(14)2-3-11(13)15/h2-3,12H,4-9H2,1H3. The molecule has 6 heteroatoms. The van der Waals surface area contributed by atoms with Crippen LogP contribution in [0, 0.1) is 0 Å². The second-order valence-corrected chi connectivity index (χ2v) is 3.49. The van der Waals surface area contributed by atoms with Gasteiger partial charge in [0.15, 0.2) is 0 Å². The first kappa shape index (κ1) is 13.8. The van der Waals surface area contributed by atoms with E-state index >= 15 is 0 Å². The Labute approximate surface area is 101 Å². The van der Waals surface area contributed by atoms with Crippen molar-refractivity contribution in [3.05, 3.63) is 12.2 Å². The number of nitrogens with zero attached hydrogens (tertiary/aromatic N) is 1. The predicted octanol–water partition coefficient (Wildman–Crippen LogP) is -0.836. The number of nitrogens with one attached hydrogen (secondary N) is 1. The minimum absolute atomic E-state index is 0.274. The number of hydrogen-bond acceptors (Lipinski definition) is 5. The fraction of sp³-hybridized carbons (Fsp3) is 0.636. The first-order chi connectivity index (χ1) is 8.25. The van der Waals surface area contributed by atoms with Crippen molar-refractivity contribution in [1.82, 2.24) is 10.2 Å². The molecule has 1 N–H and O–H groups in total.